The molecule has 4 aliphatic carbocycles. The lowest BCUT2D eigenvalue weighted by atomic mass is 9.80. The fourth-order valence-electron chi connectivity index (χ4n) is 4.78. The van der Waals surface area contributed by atoms with Gasteiger partial charge in [-0.3, -0.25) is 0 Å². The van der Waals surface area contributed by atoms with Gasteiger partial charge in [0.2, 0.25) is 0 Å². The van der Waals surface area contributed by atoms with E-state index in [0.717, 1.165) is 11.8 Å². The van der Waals surface area contributed by atoms with E-state index in [1.165, 1.54) is 32.1 Å². The second-order valence-electron chi connectivity index (χ2n) is 5.53. The monoisotopic (exact) mass is 178 g/mol. The lowest BCUT2D eigenvalue weighted by Gasteiger charge is -2.31. The average molecular weight is 178 g/mol. The molecule has 1 aliphatic heterocycles. The number of rotatable bonds is 0. The molecule has 1 heterocycles. The van der Waals surface area contributed by atoms with Gasteiger partial charge < -0.3 is 10.6 Å². The number of urea groups is 1. The van der Waals surface area contributed by atoms with Crippen molar-refractivity contribution in [3.63, 3.8) is 0 Å². The molecule has 13 heavy (non-hydrogen) atoms. The Morgan fingerprint density at radius 3 is 1.92 bits per heavy atom. The van der Waals surface area contributed by atoms with Crippen LogP contribution in [-0.4, -0.2) is 17.1 Å². The molecule has 0 atom stereocenters. The minimum Gasteiger partial charge on any atom is -0.330 e. The molecule has 1 saturated heterocycles. The summed E-state index contributed by atoms with van der Waals surface area (Å²) >= 11 is 0. The quantitative estimate of drug-likeness (QED) is 0.571. The van der Waals surface area contributed by atoms with Crippen molar-refractivity contribution >= 4 is 6.03 Å². The second kappa shape index (κ2) is 1.60. The van der Waals surface area contributed by atoms with E-state index in [4.69, 9.17) is 0 Å². The van der Waals surface area contributed by atoms with Gasteiger partial charge in [0, 0.05) is 0 Å². The number of hydrogen-bond acceptors (Lipinski definition) is 1. The van der Waals surface area contributed by atoms with E-state index in [2.05, 4.69) is 10.6 Å². The fourth-order valence-corrected chi connectivity index (χ4v) is 4.78. The molecule has 0 aromatic heterocycles. The zero-order valence-electron chi connectivity index (χ0n) is 7.60. The fraction of sp³-hybridized carbons (Fsp3) is 0.900. The van der Waals surface area contributed by atoms with Crippen LogP contribution in [0.3, 0.4) is 0 Å². The molecule has 0 radical (unpaired) electrons. The van der Waals surface area contributed by atoms with Gasteiger partial charge in [-0.2, -0.15) is 0 Å². The van der Waals surface area contributed by atoms with Crippen LogP contribution in [0, 0.1) is 11.8 Å². The standard InChI is InChI=1S/C10H14N2O/c13-8-11-9-2-6-1-7(4-9)5-10(9,3-6)12-8/h6-7H,1-5H2,(H2,11,12,13). The Morgan fingerprint density at radius 1 is 1.00 bits per heavy atom. The van der Waals surface area contributed by atoms with Gasteiger partial charge in [-0.15, -0.1) is 0 Å². The highest BCUT2D eigenvalue weighted by Crippen LogP contribution is 2.63. The molecule has 5 fully saturated rings. The highest BCUT2D eigenvalue weighted by Gasteiger charge is 2.70. The largest absolute Gasteiger partial charge is 0.330 e. The molecular formula is C10H14N2O. The Hall–Kier alpha value is -0.730. The zero-order chi connectivity index (χ0) is 8.68. The van der Waals surface area contributed by atoms with Crippen LogP contribution < -0.4 is 10.6 Å². The summed E-state index contributed by atoms with van der Waals surface area (Å²) in [5, 5.41) is 6.39. The molecule has 0 aromatic rings. The van der Waals surface area contributed by atoms with Crippen LogP contribution in [0.15, 0.2) is 0 Å². The predicted molar refractivity (Wildman–Crippen MR) is 47.2 cm³/mol. The van der Waals surface area contributed by atoms with Crippen molar-refractivity contribution in [3.8, 4) is 0 Å². The van der Waals surface area contributed by atoms with Crippen molar-refractivity contribution in [1.29, 1.82) is 0 Å². The van der Waals surface area contributed by atoms with Crippen molar-refractivity contribution in [2.75, 3.05) is 0 Å². The molecule has 3 heteroatoms. The molecule has 4 bridgehead atoms. The molecule has 0 aromatic carbocycles. The molecule has 2 amide bonds. The molecule has 5 aliphatic rings. The average Bonchev–Trinajstić information content (AvgIpc) is 2.37. The summed E-state index contributed by atoms with van der Waals surface area (Å²) in [7, 11) is 0. The number of nitrogens with one attached hydrogen (secondary N) is 2. The maximum absolute atomic E-state index is 11.4. The summed E-state index contributed by atoms with van der Waals surface area (Å²) in [6, 6.07) is 0.0822. The first kappa shape index (κ1) is 6.68. The number of carbonyl (C=O) groups is 1. The van der Waals surface area contributed by atoms with Gasteiger partial charge in [0.05, 0.1) is 11.1 Å². The Morgan fingerprint density at radius 2 is 1.46 bits per heavy atom. The second-order valence-corrected chi connectivity index (χ2v) is 5.53. The number of amides is 2. The smallest absolute Gasteiger partial charge is 0.315 e. The third-order valence-corrected chi connectivity index (χ3v) is 4.84. The molecule has 70 valence electrons. The van der Waals surface area contributed by atoms with Gasteiger partial charge in [-0.25, -0.2) is 4.79 Å². The lowest BCUT2D eigenvalue weighted by molar-refractivity contribution is 0.213. The van der Waals surface area contributed by atoms with Crippen LogP contribution in [0.2, 0.25) is 0 Å². The number of carbonyl (C=O) groups excluding carboxylic acids is 1. The molecule has 4 saturated carbocycles. The third-order valence-electron chi connectivity index (χ3n) is 4.84. The Bertz CT molecular complexity index is 272. The molecule has 5 rings (SSSR count). The first-order valence-electron chi connectivity index (χ1n) is 5.32. The van der Waals surface area contributed by atoms with Gasteiger partial charge in [0.25, 0.3) is 0 Å². The molecular weight excluding hydrogens is 164 g/mol. The van der Waals surface area contributed by atoms with Gasteiger partial charge in [-0.05, 0) is 43.9 Å². The molecule has 2 N–H and O–H groups in total. The minimum atomic E-state index is 0.0822. The van der Waals surface area contributed by atoms with Crippen LogP contribution in [0.5, 0.6) is 0 Å². The van der Waals surface area contributed by atoms with E-state index in [0.29, 0.717) is 0 Å². The maximum Gasteiger partial charge on any atom is 0.315 e. The first-order valence-corrected chi connectivity index (χ1v) is 5.32. The first-order chi connectivity index (χ1) is 6.21. The van der Waals surface area contributed by atoms with Crippen molar-refractivity contribution in [2.45, 2.75) is 43.2 Å². The summed E-state index contributed by atoms with van der Waals surface area (Å²) in [6.07, 6.45) is 6.37. The van der Waals surface area contributed by atoms with Gasteiger partial charge in [-0.1, -0.05) is 0 Å². The van der Waals surface area contributed by atoms with Crippen molar-refractivity contribution in [2.24, 2.45) is 11.8 Å². The topological polar surface area (TPSA) is 41.1 Å². The van der Waals surface area contributed by atoms with E-state index < -0.39 is 0 Å². The van der Waals surface area contributed by atoms with E-state index in [1.807, 2.05) is 0 Å². The van der Waals surface area contributed by atoms with E-state index in [1.54, 1.807) is 0 Å². The van der Waals surface area contributed by atoms with E-state index in [-0.39, 0.29) is 17.1 Å². The van der Waals surface area contributed by atoms with Crippen LogP contribution in [-0.2, 0) is 0 Å². The van der Waals surface area contributed by atoms with Crippen molar-refractivity contribution in [1.82, 2.24) is 10.6 Å². The van der Waals surface area contributed by atoms with E-state index >= 15 is 0 Å². The molecule has 0 unspecified atom stereocenters. The van der Waals surface area contributed by atoms with Gasteiger partial charge in [0.1, 0.15) is 0 Å². The Balaban J connectivity index is 1.90. The summed E-state index contributed by atoms with van der Waals surface area (Å²) in [6.45, 7) is 0. The highest BCUT2D eigenvalue weighted by atomic mass is 16.2. The van der Waals surface area contributed by atoms with Crippen LogP contribution in [0.25, 0.3) is 0 Å². The van der Waals surface area contributed by atoms with Crippen LogP contribution in [0.4, 0.5) is 4.79 Å². The molecule has 2 spiro atoms. The summed E-state index contributed by atoms with van der Waals surface area (Å²) in [4.78, 5) is 11.4. The van der Waals surface area contributed by atoms with Crippen LogP contribution in [0.1, 0.15) is 32.1 Å². The maximum atomic E-state index is 11.4. The summed E-state index contributed by atoms with van der Waals surface area (Å²) < 4.78 is 0. The van der Waals surface area contributed by atoms with Crippen molar-refractivity contribution < 1.29 is 4.79 Å². The normalized spacial score (nSPS) is 60.8. The highest BCUT2D eigenvalue weighted by molar-refractivity contribution is 5.80. The van der Waals surface area contributed by atoms with Gasteiger partial charge in [0.15, 0.2) is 0 Å². The Labute approximate surface area is 77.3 Å². The Kier molecular flexibility index (Phi) is 0.822. The van der Waals surface area contributed by atoms with Crippen LogP contribution >= 0.6 is 0 Å². The minimum absolute atomic E-state index is 0.0822. The SMILES string of the molecule is O=C1NC23CC4CC(C2)CC3(C4)N1. The summed E-state index contributed by atoms with van der Waals surface area (Å²) in [5.74, 6) is 1.78. The zero-order valence-corrected chi connectivity index (χ0v) is 7.60. The summed E-state index contributed by atoms with van der Waals surface area (Å²) in [5.41, 5.74) is 0.356. The van der Waals surface area contributed by atoms with Gasteiger partial charge >= 0.3 is 6.03 Å². The molecule has 3 nitrogen and oxygen atoms in total. The number of hydrogen-bond donors (Lipinski definition) is 2. The lowest BCUT2D eigenvalue weighted by Crippen LogP contribution is -2.51. The van der Waals surface area contributed by atoms with Crippen molar-refractivity contribution in [3.05, 3.63) is 0 Å². The third kappa shape index (κ3) is 0.542. The van der Waals surface area contributed by atoms with E-state index in [9.17, 15) is 4.79 Å². The predicted octanol–water partition coefficient (Wildman–Crippen LogP) is 1.00.